The largest absolute Gasteiger partial charge is 0.384 e. The average Bonchev–Trinajstić information content (AvgIpc) is 2.35. The molecule has 0 aromatic heterocycles. The van der Waals surface area contributed by atoms with Crippen LogP contribution in [0.1, 0.15) is 12.8 Å². The molecule has 1 aromatic carbocycles. The number of nitrogens with one attached hydrogen (secondary N) is 1. The van der Waals surface area contributed by atoms with E-state index in [9.17, 15) is 17.2 Å². The number of hydrogen-bond donors (Lipinski definition) is 1. The first kappa shape index (κ1) is 14.6. The smallest absolute Gasteiger partial charge is 0.341 e. The summed E-state index contributed by atoms with van der Waals surface area (Å²) in [5.74, 6) is -3.41. The topological polar surface area (TPSA) is 46.2 Å². The summed E-state index contributed by atoms with van der Waals surface area (Å²) >= 11 is 0. The van der Waals surface area contributed by atoms with Gasteiger partial charge in [0.25, 0.3) is 0 Å². The fraction of sp³-hybridized carbons (Fsp3) is 0.333. The maximum atomic E-state index is 12.5. The summed E-state index contributed by atoms with van der Waals surface area (Å²) in [6, 6.07) is 5.67. The molecule has 0 fully saturated rings. The molecular formula is C12H15F2NO2S. The molecule has 1 rings (SSSR count). The fourth-order valence-electron chi connectivity index (χ4n) is 1.43. The highest BCUT2D eigenvalue weighted by atomic mass is 32.2. The number of unbranched alkanes of at least 4 members (excludes halogenated alkanes) is 1. The van der Waals surface area contributed by atoms with Crippen LogP contribution >= 0.6 is 0 Å². The Kier molecular flexibility index (Phi) is 5.27. The zero-order chi connectivity index (χ0) is 13.6. The molecule has 0 aliphatic rings. The maximum absolute atomic E-state index is 12.5. The van der Waals surface area contributed by atoms with E-state index in [0.29, 0.717) is 6.54 Å². The molecule has 0 unspecified atom stereocenters. The molecule has 0 saturated heterocycles. The van der Waals surface area contributed by atoms with Crippen molar-refractivity contribution in [3.05, 3.63) is 36.9 Å². The zero-order valence-corrected chi connectivity index (χ0v) is 10.6. The molecule has 0 amide bonds. The van der Waals surface area contributed by atoms with Gasteiger partial charge in [-0.1, -0.05) is 18.2 Å². The van der Waals surface area contributed by atoms with Crippen LogP contribution in [0.3, 0.4) is 0 Å². The third-order valence-corrected chi connectivity index (χ3v) is 3.77. The first-order valence-electron chi connectivity index (χ1n) is 5.46. The third-order valence-electron chi connectivity index (χ3n) is 2.33. The van der Waals surface area contributed by atoms with Crippen molar-refractivity contribution in [1.29, 1.82) is 0 Å². The summed E-state index contributed by atoms with van der Waals surface area (Å²) in [5, 5.41) is 2.85. The van der Waals surface area contributed by atoms with E-state index >= 15 is 0 Å². The SMILES string of the molecule is C=CCCCNc1ccccc1S(=O)(=O)C(F)F. The second-order valence-electron chi connectivity index (χ2n) is 3.66. The maximum Gasteiger partial charge on any atom is 0.341 e. The van der Waals surface area contributed by atoms with Crippen LogP contribution in [0, 0.1) is 0 Å². The van der Waals surface area contributed by atoms with Crippen molar-refractivity contribution in [3.63, 3.8) is 0 Å². The highest BCUT2D eigenvalue weighted by molar-refractivity contribution is 7.91. The molecule has 18 heavy (non-hydrogen) atoms. The van der Waals surface area contributed by atoms with Gasteiger partial charge in [-0.2, -0.15) is 8.78 Å². The fourth-order valence-corrected chi connectivity index (χ4v) is 2.33. The number of anilines is 1. The lowest BCUT2D eigenvalue weighted by atomic mass is 10.3. The molecule has 0 bridgehead atoms. The Bertz CT molecular complexity index is 501. The lowest BCUT2D eigenvalue weighted by Crippen LogP contribution is -2.14. The zero-order valence-electron chi connectivity index (χ0n) is 9.77. The summed E-state index contributed by atoms with van der Waals surface area (Å²) in [4.78, 5) is -0.362. The monoisotopic (exact) mass is 275 g/mol. The van der Waals surface area contributed by atoms with E-state index in [1.807, 2.05) is 0 Å². The Hall–Kier alpha value is -1.43. The van der Waals surface area contributed by atoms with Crippen LogP contribution < -0.4 is 5.32 Å². The standard InChI is InChI=1S/C12H15F2NO2S/c1-2-3-6-9-15-10-7-4-5-8-11(10)18(16,17)12(13)14/h2,4-5,7-8,12,15H,1,3,6,9H2. The second kappa shape index (κ2) is 6.49. The Morgan fingerprint density at radius 1 is 1.33 bits per heavy atom. The number of benzene rings is 1. The van der Waals surface area contributed by atoms with Crippen LogP contribution in [0.15, 0.2) is 41.8 Å². The second-order valence-corrected chi connectivity index (χ2v) is 5.55. The minimum absolute atomic E-state index is 0.210. The Morgan fingerprint density at radius 2 is 2.00 bits per heavy atom. The Morgan fingerprint density at radius 3 is 2.61 bits per heavy atom. The lowest BCUT2D eigenvalue weighted by molar-refractivity contribution is 0.235. The van der Waals surface area contributed by atoms with Gasteiger partial charge in [0.05, 0.1) is 10.6 Å². The quantitative estimate of drug-likeness (QED) is 0.614. The van der Waals surface area contributed by atoms with Gasteiger partial charge in [0.15, 0.2) is 0 Å². The molecule has 1 N–H and O–H groups in total. The van der Waals surface area contributed by atoms with Crippen LogP contribution in [-0.2, 0) is 9.84 Å². The molecule has 0 heterocycles. The van der Waals surface area contributed by atoms with E-state index in [1.165, 1.54) is 18.2 Å². The minimum Gasteiger partial charge on any atom is -0.384 e. The summed E-state index contributed by atoms with van der Waals surface area (Å²) in [6.45, 7) is 4.06. The van der Waals surface area contributed by atoms with Crippen LogP contribution in [0.25, 0.3) is 0 Å². The molecule has 6 heteroatoms. The van der Waals surface area contributed by atoms with Crippen LogP contribution in [0.5, 0.6) is 0 Å². The van der Waals surface area contributed by atoms with Gasteiger partial charge >= 0.3 is 5.76 Å². The van der Waals surface area contributed by atoms with Crippen molar-refractivity contribution in [2.75, 3.05) is 11.9 Å². The van der Waals surface area contributed by atoms with E-state index in [1.54, 1.807) is 12.1 Å². The molecule has 0 radical (unpaired) electrons. The van der Waals surface area contributed by atoms with Gasteiger partial charge < -0.3 is 5.32 Å². The highest BCUT2D eigenvalue weighted by Gasteiger charge is 2.28. The first-order valence-corrected chi connectivity index (χ1v) is 7.00. The van der Waals surface area contributed by atoms with E-state index in [-0.39, 0.29) is 10.6 Å². The van der Waals surface area contributed by atoms with Gasteiger partial charge in [-0.15, -0.1) is 6.58 Å². The van der Waals surface area contributed by atoms with Crippen molar-refractivity contribution in [2.45, 2.75) is 23.5 Å². The molecule has 0 atom stereocenters. The van der Waals surface area contributed by atoms with Crippen molar-refractivity contribution in [3.8, 4) is 0 Å². The highest BCUT2D eigenvalue weighted by Crippen LogP contribution is 2.25. The lowest BCUT2D eigenvalue weighted by Gasteiger charge is -2.11. The number of sulfone groups is 1. The molecule has 0 aliphatic carbocycles. The van der Waals surface area contributed by atoms with Crippen LogP contribution in [-0.4, -0.2) is 20.7 Å². The van der Waals surface area contributed by atoms with Gasteiger partial charge in [-0.05, 0) is 25.0 Å². The van der Waals surface area contributed by atoms with E-state index in [2.05, 4.69) is 11.9 Å². The minimum atomic E-state index is -4.57. The Labute approximate surface area is 105 Å². The summed E-state index contributed by atoms with van der Waals surface area (Å²) in [7, 11) is -4.57. The predicted octanol–water partition coefficient (Wildman–Crippen LogP) is 3.06. The number of hydrogen-bond acceptors (Lipinski definition) is 3. The van der Waals surface area contributed by atoms with Gasteiger partial charge in [0, 0.05) is 6.54 Å². The van der Waals surface area contributed by atoms with E-state index in [4.69, 9.17) is 0 Å². The molecule has 0 aliphatic heterocycles. The molecule has 1 aromatic rings. The number of para-hydroxylation sites is 1. The molecule has 100 valence electrons. The van der Waals surface area contributed by atoms with Gasteiger partial charge in [-0.25, -0.2) is 8.42 Å². The van der Waals surface area contributed by atoms with Crippen LogP contribution in [0.4, 0.5) is 14.5 Å². The van der Waals surface area contributed by atoms with Gasteiger partial charge in [-0.3, -0.25) is 0 Å². The molecule has 3 nitrogen and oxygen atoms in total. The van der Waals surface area contributed by atoms with Crippen molar-refractivity contribution >= 4 is 15.5 Å². The van der Waals surface area contributed by atoms with Gasteiger partial charge in [0.1, 0.15) is 0 Å². The summed E-state index contributed by atoms with van der Waals surface area (Å²) in [6.07, 6.45) is 3.27. The van der Waals surface area contributed by atoms with Crippen molar-refractivity contribution < 1.29 is 17.2 Å². The average molecular weight is 275 g/mol. The van der Waals surface area contributed by atoms with Crippen LogP contribution in [0.2, 0.25) is 0 Å². The Balaban J connectivity index is 2.90. The number of allylic oxidation sites excluding steroid dienone is 1. The number of halogens is 2. The first-order chi connectivity index (χ1) is 8.50. The molecule has 0 spiro atoms. The summed E-state index contributed by atoms with van der Waals surface area (Å²) in [5.41, 5.74) is 0.210. The molecule has 0 saturated carbocycles. The van der Waals surface area contributed by atoms with Crippen molar-refractivity contribution in [1.82, 2.24) is 0 Å². The summed E-state index contributed by atoms with van der Waals surface area (Å²) < 4.78 is 47.9. The number of alkyl halides is 2. The normalized spacial score (nSPS) is 11.5. The van der Waals surface area contributed by atoms with Crippen molar-refractivity contribution in [2.24, 2.45) is 0 Å². The van der Waals surface area contributed by atoms with E-state index in [0.717, 1.165) is 12.8 Å². The number of rotatable bonds is 7. The third kappa shape index (κ3) is 3.53. The van der Waals surface area contributed by atoms with E-state index < -0.39 is 15.6 Å². The van der Waals surface area contributed by atoms with Gasteiger partial charge in [0.2, 0.25) is 9.84 Å². The predicted molar refractivity (Wildman–Crippen MR) is 67.6 cm³/mol. The molecular weight excluding hydrogens is 260 g/mol.